The van der Waals surface area contributed by atoms with Crippen molar-refractivity contribution in [2.75, 3.05) is 7.11 Å². The fourth-order valence-corrected chi connectivity index (χ4v) is 3.46. The Hall–Kier alpha value is -2.74. The summed E-state index contributed by atoms with van der Waals surface area (Å²) in [5.74, 6) is 1.82. The zero-order valence-electron chi connectivity index (χ0n) is 13.7. The highest BCUT2D eigenvalue weighted by Crippen LogP contribution is 2.40. The summed E-state index contributed by atoms with van der Waals surface area (Å²) in [6.45, 7) is 0. The zero-order chi connectivity index (χ0) is 16.4. The van der Waals surface area contributed by atoms with Gasteiger partial charge in [0.05, 0.1) is 7.11 Å². The average Bonchev–Trinajstić information content (AvgIpc) is 3.05. The minimum absolute atomic E-state index is 0.132. The van der Waals surface area contributed by atoms with Crippen LogP contribution in [0.1, 0.15) is 23.7 Å². The number of hydrogen-bond acceptors (Lipinski definition) is 2. The van der Waals surface area contributed by atoms with Gasteiger partial charge in [0, 0.05) is 0 Å². The van der Waals surface area contributed by atoms with Gasteiger partial charge in [-0.25, -0.2) is 0 Å². The summed E-state index contributed by atoms with van der Waals surface area (Å²) in [6, 6.07) is 24.8. The van der Waals surface area contributed by atoms with Crippen molar-refractivity contribution >= 4 is 0 Å². The minimum Gasteiger partial charge on any atom is -0.497 e. The molecule has 4 rings (SSSR count). The Morgan fingerprint density at radius 2 is 1.62 bits per heavy atom. The monoisotopic (exact) mass is 316 g/mol. The molecule has 0 amide bonds. The van der Waals surface area contributed by atoms with Crippen molar-refractivity contribution in [2.45, 2.75) is 18.9 Å². The second kappa shape index (κ2) is 6.40. The highest BCUT2D eigenvalue weighted by Gasteiger charge is 2.26. The normalized spacial score (nSPS) is 15.8. The molecule has 0 aromatic heterocycles. The highest BCUT2D eigenvalue weighted by molar-refractivity contribution is 5.71. The number of ether oxygens (including phenoxy) is 2. The van der Waals surface area contributed by atoms with Crippen molar-refractivity contribution in [1.82, 2.24) is 0 Å². The van der Waals surface area contributed by atoms with E-state index < -0.39 is 0 Å². The van der Waals surface area contributed by atoms with Crippen molar-refractivity contribution in [2.24, 2.45) is 0 Å². The maximum absolute atomic E-state index is 6.21. The van der Waals surface area contributed by atoms with E-state index in [4.69, 9.17) is 9.47 Å². The van der Waals surface area contributed by atoms with E-state index in [-0.39, 0.29) is 6.10 Å². The number of rotatable bonds is 4. The Labute approximate surface area is 142 Å². The first kappa shape index (κ1) is 14.8. The molecule has 0 N–H and O–H groups in total. The summed E-state index contributed by atoms with van der Waals surface area (Å²) in [5.41, 5.74) is 5.18. The third-order valence-electron chi connectivity index (χ3n) is 4.62. The third kappa shape index (κ3) is 2.76. The minimum atomic E-state index is 0.132. The van der Waals surface area contributed by atoms with Crippen LogP contribution in [0.3, 0.4) is 0 Å². The maximum atomic E-state index is 6.21. The van der Waals surface area contributed by atoms with Crippen LogP contribution >= 0.6 is 0 Å². The maximum Gasteiger partial charge on any atom is 0.124 e. The zero-order valence-corrected chi connectivity index (χ0v) is 13.7. The molecular formula is C22H20O2. The fourth-order valence-electron chi connectivity index (χ4n) is 3.46. The van der Waals surface area contributed by atoms with Crippen LogP contribution in [0.2, 0.25) is 0 Å². The lowest BCUT2D eigenvalue weighted by Crippen LogP contribution is -2.03. The van der Waals surface area contributed by atoms with Gasteiger partial charge in [-0.05, 0) is 59.4 Å². The number of para-hydroxylation sites is 1. The smallest absolute Gasteiger partial charge is 0.124 e. The van der Waals surface area contributed by atoms with E-state index >= 15 is 0 Å². The summed E-state index contributed by atoms with van der Waals surface area (Å²) in [6.07, 6.45) is 2.19. The van der Waals surface area contributed by atoms with Gasteiger partial charge in [0.15, 0.2) is 0 Å². The number of fused-ring (bicyclic) bond motifs is 1. The molecule has 120 valence electrons. The SMILES string of the molecule is COc1cccc(-c2cccc3c2CC[C@H]3Oc2ccccc2)c1. The molecular weight excluding hydrogens is 296 g/mol. The van der Waals surface area contributed by atoms with Crippen LogP contribution in [0.15, 0.2) is 72.8 Å². The standard InChI is InChI=1S/C22H20O2/c1-23-18-10-5-7-16(15-18)19-11-6-12-21-20(19)13-14-22(21)24-17-8-3-2-4-9-17/h2-12,15,22H,13-14H2,1H3/t22-/m1/s1. The number of benzene rings is 3. The van der Waals surface area contributed by atoms with Crippen LogP contribution in [0.5, 0.6) is 11.5 Å². The molecule has 0 heterocycles. The molecule has 2 heteroatoms. The molecule has 1 aliphatic rings. The van der Waals surface area contributed by atoms with Crippen LogP contribution in [-0.4, -0.2) is 7.11 Å². The van der Waals surface area contributed by atoms with E-state index in [1.165, 1.54) is 22.3 Å². The van der Waals surface area contributed by atoms with Crippen LogP contribution in [-0.2, 0) is 6.42 Å². The Kier molecular flexibility index (Phi) is 3.96. The molecule has 0 fully saturated rings. The molecule has 0 aliphatic heterocycles. The van der Waals surface area contributed by atoms with Crippen molar-refractivity contribution in [3.63, 3.8) is 0 Å². The first-order chi connectivity index (χ1) is 11.8. The lowest BCUT2D eigenvalue weighted by Gasteiger charge is -2.16. The molecule has 0 spiro atoms. The van der Waals surface area contributed by atoms with Gasteiger partial charge in [0.1, 0.15) is 17.6 Å². The first-order valence-corrected chi connectivity index (χ1v) is 8.33. The molecule has 24 heavy (non-hydrogen) atoms. The fraction of sp³-hybridized carbons (Fsp3) is 0.182. The highest BCUT2D eigenvalue weighted by atomic mass is 16.5. The van der Waals surface area contributed by atoms with Gasteiger partial charge in [0.25, 0.3) is 0 Å². The quantitative estimate of drug-likeness (QED) is 0.639. The largest absolute Gasteiger partial charge is 0.497 e. The van der Waals surface area contributed by atoms with Gasteiger partial charge >= 0.3 is 0 Å². The van der Waals surface area contributed by atoms with Gasteiger partial charge in [-0.1, -0.05) is 48.5 Å². The van der Waals surface area contributed by atoms with Gasteiger partial charge in [-0.2, -0.15) is 0 Å². The summed E-state index contributed by atoms with van der Waals surface area (Å²) in [4.78, 5) is 0. The van der Waals surface area contributed by atoms with Crippen molar-refractivity contribution < 1.29 is 9.47 Å². The van der Waals surface area contributed by atoms with Crippen molar-refractivity contribution in [1.29, 1.82) is 0 Å². The Bertz CT molecular complexity index is 840. The Morgan fingerprint density at radius 1 is 0.833 bits per heavy atom. The van der Waals surface area contributed by atoms with Gasteiger partial charge < -0.3 is 9.47 Å². The summed E-state index contributed by atoms with van der Waals surface area (Å²) < 4.78 is 11.6. The molecule has 1 aliphatic carbocycles. The van der Waals surface area contributed by atoms with Gasteiger partial charge in [-0.15, -0.1) is 0 Å². The molecule has 0 radical (unpaired) electrons. The van der Waals surface area contributed by atoms with E-state index in [0.29, 0.717) is 0 Å². The Balaban J connectivity index is 1.68. The number of methoxy groups -OCH3 is 1. The molecule has 2 nitrogen and oxygen atoms in total. The van der Waals surface area contributed by atoms with E-state index in [2.05, 4.69) is 30.3 Å². The van der Waals surface area contributed by atoms with Crippen LogP contribution < -0.4 is 9.47 Å². The summed E-state index contributed by atoms with van der Waals surface area (Å²) in [7, 11) is 1.71. The second-order valence-corrected chi connectivity index (χ2v) is 6.06. The summed E-state index contributed by atoms with van der Waals surface area (Å²) >= 11 is 0. The second-order valence-electron chi connectivity index (χ2n) is 6.06. The molecule has 0 saturated carbocycles. The topological polar surface area (TPSA) is 18.5 Å². The van der Waals surface area contributed by atoms with Crippen molar-refractivity contribution in [3.8, 4) is 22.6 Å². The molecule has 3 aromatic carbocycles. The first-order valence-electron chi connectivity index (χ1n) is 8.33. The van der Waals surface area contributed by atoms with Crippen LogP contribution in [0, 0.1) is 0 Å². The van der Waals surface area contributed by atoms with Gasteiger partial charge in [-0.3, -0.25) is 0 Å². The third-order valence-corrected chi connectivity index (χ3v) is 4.62. The van der Waals surface area contributed by atoms with Gasteiger partial charge in [0.2, 0.25) is 0 Å². The Morgan fingerprint density at radius 3 is 2.46 bits per heavy atom. The molecule has 3 aromatic rings. The number of hydrogen-bond donors (Lipinski definition) is 0. The molecule has 0 saturated heterocycles. The predicted octanol–water partition coefficient (Wildman–Crippen LogP) is 5.43. The average molecular weight is 316 g/mol. The molecule has 0 bridgehead atoms. The lowest BCUT2D eigenvalue weighted by atomic mass is 9.96. The molecule has 1 atom stereocenters. The van der Waals surface area contributed by atoms with E-state index in [0.717, 1.165) is 24.3 Å². The van der Waals surface area contributed by atoms with Crippen LogP contribution in [0.25, 0.3) is 11.1 Å². The van der Waals surface area contributed by atoms with E-state index in [1.54, 1.807) is 7.11 Å². The summed E-state index contributed by atoms with van der Waals surface area (Å²) in [5, 5.41) is 0. The van der Waals surface area contributed by atoms with Crippen molar-refractivity contribution in [3.05, 3.63) is 83.9 Å². The molecule has 0 unspecified atom stereocenters. The van der Waals surface area contributed by atoms with E-state index in [9.17, 15) is 0 Å². The van der Waals surface area contributed by atoms with E-state index in [1.807, 2.05) is 42.5 Å². The predicted molar refractivity (Wildman–Crippen MR) is 96.6 cm³/mol. The lowest BCUT2D eigenvalue weighted by molar-refractivity contribution is 0.207. The van der Waals surface area contributed by atoms with Crippen LogP contribution in [0.4, 0.5) is 0 Å².